The summed E-state index contributed by atoms with van der Waals surface area (Å²) in [4.78, 5) is 104. The number of likely N-dealkylation sites (tertiary alicyclic amines) is 2. The Morgan fingerprint density at radius 1 is 0.685 bits per heavy atom. The SMILES string of the molecule is CC(=Nc1ccccc1)NC(=O)NCCN1C(=O)C2C3C=CC(O3)C2C1=O.CC(C)(C)OC(=O)N=C(Cc1ccccc1)NC(=O)OC(C)(C)C.O=C(O)C(F)(F)F.[NH3+]CCN1C(=O)C2C3C=CC(O3)C2C1=O. The molecule has 4 fully saturated rings. The topological polar surface area (TPSA) is 289 Å². The van der Waals surface area contributed by atoms with Crippen LogP contribution in [0, 0.1) is 23.7 Å². The molecule has 21 nitrogen and oxygen atoms in total. The third-order valence-electron chi connectivity index (χ3n) is 11.1. The van der Waals surface area contributed by atoms with E-state index in [1.165, 1.54) is 9.80 Å². The molecule has 7 N–H and O–H groups in total. The largest absolute Gasteiger partial charge is 0.490 e. The standard InChI is InChI=1S/C19H20N4O4.C18H26N2O4.C10H12N2O3.C2HF3O2/c1-11(21-12-5-3-2-4-6-12)22-19(26)20-9-10-23-17(24)15-13-7-8-14(27-13)16(15)18(23)25;1-17(2,3)23-15(21)19-14(12-13-10-8-7-9-11-13)20-16(22)24-18(4,5)6;11-3-4-12-9(13)7-5-1-2-6(15-5)8(7)10(12)14;3-2(4,5)1(6)7/h2-8,13-16H,9-10H2,1H3,(H2,20,21,22,26);7-11H,12H2,1-6H3,(H,19,20,21,22);1-2,5-8H,3-4,11H2;(H,6,7)/p+1. The van der Waals surface area contributed by atoms with Gasteiger partial charge in [0.1, 0.15) is 22.9 Å². The number of alkyl carbamates (subject to hydrolysis) is 1. The summed E-state index contributed by atoms with van der Waals surface area (Å²) >= 11 is 0. The van der Waals surface area contributed by atoms with Gasteiger partial charge in [-0.2, -0.15) is 18.2 Å². The van der Waals surface area contributed by atoms with Crippen LogP contribution < -0.4 is 21.7 Å². The maximum absolute atomic E-state index is 12.5. The van der Waals surface area contributed by atoms with Gasteiger partial charge in [0.05, 0.1) is 66.9 Å². The number of ether oxygens (including phenoxy) is 4. The number of aliphatic imine (C=N–C) groups is 2. The van der Waals surface area contributed by atoms with Crippen molar-refractivity contribution >= 4 is 65.2 Å². The van der Waals surface area contributed by atoms with Gasteiger partial charge in [0, 0.05) is 19.5 Å². The number of fused-ring (bicyclic) bond motifs is 10. The van der Waals surface area contributed by atoms with Gasteiger partial charge in [-0.05, 0) is 66.2 Å². The second-order valence-electron chi connectivity index (χ2n) is 19.1. The first kappa shape index (κ1) is 56.6. The first-order valence-electron chi connectivity index (χ1n) is 23.1. The number of nitrogens with zero attached hydrogens (tertiary/aromatic N) is 4. The quantitative estimate of drug-likeness (QED) is 0.109. The summed E-state index contributed by atoms with van der Waals surface area (Å²) in [5.74, 6) is -4.09. The summed E-state index contributed by atoms with van der Waals surface area (Å²) in [6, 6.07) is 18.2. The van der Waals surface area contributed by atoms with Gasteiger partial charge >= 0.3 is 30.4 Å². The molecule has 4 saturated heterocycles. The van der Waals surface area contributed by atoms with Gasteiger partial charge in [0.15, 0.2) is 0 Å². The number of quaternary nitrogens is 1. The van der Waals surface area contributed by atoms with Gasteiger partial charge in [-0.15, -0.1) is 0 Å². The van der Waals surface area contributed by atoms with Crippen molar-refractivity contribution in [1.29, 1.82) is 0 Å². The Bertz CT molecular complexity index is 2450. The molecule has 8 amide bonds. The predicted octanol–water partition coefficient (Wildman–Crippen LogP) is 3.86. The van der Waals surface area contributed by atoms with Crippen LogP contribution in [-0.4, -0.2) is 142 Å². The molecule has 6 heterocycles. The van der Waals surface area contributed by atoms with Crippen LogP contribution in [0.1, 0.15) is 54.0 Å². The van der Waals surface area contributed by atoms with Gasteiger partial charge in [-0.25, -0.2) is 24.2 Å². The lowest BCUT2D eigenvalue weighted by molar-refractivity contribution is -0.367. The number of carbonyl (C=O) groups is 8. The Labute approximate surface area is 418 Å². The number of benzene rings is 2. The third kappa shape index (κ3) is 15.6. The van der Waals surface area contributed by atoms with Gasteiger partial charge in [-0.1, -0.05) is 72.8 Å². The fourth-order valence-electron chi connectivity index (χ4n) is 8.26. The zero-order valence-electron chi connectivity index (χ0n) is 41.2. The fraction of sp³-hybridized carbons (Fsp3) is 0.469. The molecule has 8 atom stereocenters. The zero-order valence-corrected chi connectivity index (χ0v) is 41.2. The summed E-state index contributed by atoms with van der Waals surface area (Å²) in [7, 11) is 0. The highest BCUT2D eigenvalue weighted by atomic mass is 19.4. The summed E-state index contributed by atoms with van der Waals surface area (Å²) in [5, 5.41) is 14.9. The van der Waals surface area contributed by atoms with Crippen LogP contribution in [0.3, 0.4) is 0 Å². The molecule has 2 aromatic rings. The van der Waals surface area contributed by atoms with E-state index in [0.29, 0.717) is 18.9 Å². The molecule has 0 aromatic heterocycles. The highest BCUT2D eigenvalue weighted by Gasteiger charge is 2.61. The molecule has 0 radical (unpaired) electrons. The van der Waals surface area contributed by atoms with Crippen LogP contribution in [0.5, 0.6) is 0 Å². The number of halogens is 3. The molecule has 4 bridgehead atoms. The van der Waals surface area contributed by atoms with E-state index >= 15 is 0 Å². The van der Waals surface area contributed by atoms with Crippen molar-refractivity contribution in [3.05, 3.63) is 90.5 Å². The van der Waals surface area contributed by atoms with Gasteiger partial charge in [-0.3, -0.25) is 39.6 Å². The van der Waals surface area contributed by atoms with E-state index in [2.05, 4.69) is 31.7 Å². The number of amidine groups is 2. The highest BCUT2D eigenvalue weighted by molar-refractivity contribution is 6.07. The van der Waals surface area contributed by atoms with Crippen LogP contribution in [0.15, 0.2) is 95.0 Å². The Morgan fingerprint density at radius 3 is 1.52 bits per heavy atom. The number of urea groups is 1. The lowest BCUT2D eigenvalue weighted by Crippen LogP contribution is -2.56. The molecule has 8 unspecified atom stereocenters. The number of carboxylic acids is 1. The van der Waals surface area contributed by atoms with Crippen molar-refractivity contribution in [1.82, 2.24) is 25.8 Å². The monoisotopic (exact) mass is 1030 g/mol. The van der Waals surface area contributed by atoms with E-state index < -0.39 is 53.4 Å². The van der Waals surface area contributed by atoms with Crippen LogP contribution in [0.25, 0.3) is 0 Å². The lowest BCUT2D eigenvalue weighted by atomic mass is 9.85. The molecular formula is C49H60F3N8O13+. The fourth-order valence-corrected chi connectivity index (χ4v) is 8.26. The summed E-state index contributed by atoms with van der Waals surface area (Å²) in [6.07, 6.45) is 0.309. The number of para-hydroxylation sites is 1. The van der Waals surface area contributed by atoms with Crippen molar-refractivity contribution in [2.24, 2.45) is 33.7 Å². The predicted molar refractivity (Wildman–Crippen MR) is 253 cm³/mol. The van der Waals surface area contributed by atoms with E-state index in [1.807, 2.05) is 85.0 Å². The van der Waals surface area contributed by atoms with Gasteiger partial charge in [0.25, 0.3) is 0 Å². The Hall–Kier alpha value is -7.31. The Balaban J connectivity index is 0.000000196. The van der Waals surface area contributed by atoms with Crippen LogP contribution in [0.4, 0.5) is 33.2 Å². The molecule has 8 rings (SSSR count). The van der Waals surface area contributed by atoms with Crippen molar-refractivity contribution in [2.45, 2.75) is 96.7 Å². The maximum atomic E-state index is 12.5. The minimum Gasteiger partial charge on any atom is -0.475 e. The second kappa shape index (κ2) is 23.9. The summed E-state index contributed by atoms with van der Waals surface area (Å²) in [5.41, 5.74) is 4.00. The maximum Gasteiger partial charge on any atom is 0.490 e. The minimum atomic E-state index is -5.08. The molecule has 24 heteroatoms. The van der Waals surface area contributed by atoms with Crippen molar-refractivity contribution in [2.75, 3.05) is 26.2 Å². The minimum absolute atomic E-state index is 0.0782. The van der Waals surface area contributed by atoms with Gasteiger partial charge in [0.2, 0.25) is 23.6 Å². The molecule has 2 aromatic carbocycles. The zero-order chi connectivity index (χ0) is 54.0. The molecule has 0 saturated carbocycles. The molecule has 394 valence electrons. The van der Waals surface area contributed by atoms with Crippen LogP contribution in [-0.2, 0) is 49.3 Å². The summed E-state index contributed by atoms with van der Waals surface area (Å²) in [6.45, 7) is 13.5. The van der Waals surface area contributed by atoms with Crippen molar-refractivity contribution in [3.63, 3.8) is 0 Å². The smallest absolute Gasteiger partial charge is 0.475 e. The molecular weight excluding hydrogens is 966 g/mol. The molecule has 0 aliphatic carbocycles. The number of amides is 8. The number of carboxylic acid groups (broad SMARTS) is 1. The molecule has 73 heavy (non-hydrogen) atoms. The third-order valence-corrected chi connectivity index (χ3v) is 11.1. The molecule has 6 aliphatic rings. The number of alkyl halides is 3. The first-order valence-corrected chi connectivity index (χ1v) is 23.1. The number of nitrogens with one attached hydrogen (secondary N) is 3. The number of hydrogen-bond acceptors (Lipinski definition) is 13. The van der Waals surface area contributed by atoms with Crippen LogP contribution >= 0.6 is 0 Å². The van der Waals surface area contributed by atoms with Crippen molar-refractivity contribution < 1.29 is 81.3 Å². The normalized spacial score (nSPS) is 24.4. The van der Waals surface area contributed by atoms with E-state index in [9.17, 15) is 46.7 Å². The highest BCUT2D eigenvalue weighted by Crippen LogP contribution is 2.46. The molecule has 0 spiro atoms. The van der Waals surface area contributed by atoms with Crippen LogP contribution in [0.2, 0.25) is 0 Å². The lowest BCUT2D eigenvalue weighted by Gasteiger charge is -2.20. The van der Waals surface area contributed by atoms with E-state index in [1.54, 1.807) is 48.5 Å². The number of hydrogen-bond donors (Lipinski definition) is 5. The average molecular weight is 1030 g/mol. The Morgan fingerprint density at radius 2 is 1.11 bits per heavy atom. The van der Waals surface area contributed by atoms with E-state index in [4.69, 9.17) is 28.8 Å². The van der Waals surface area contributed by atoms with E-state index in [0.717, 1.165) is 11.3 Å². The molecule has 6 aliphatic heterocycles. The van der Waals surface area contributed by atoms with Gasteiger partial charge < -0.3 is 35.1 Å². The number of carbonyl (C=O) groups excluding carboxylic acids is 7. The first-order chi connectivity index (χ1) is 34.2. The number of rotatable bonds is 8. The number of imide groups is 2. The summed E-state index contributed by atoms with van der Waals surface area (Å²) < 4.78 is 53.2. The van der Waals surface area contributed by atoms with Crippen molar-refractivity contribution in [3.8, 4) is 0 Å². The average Bonchev–Trinajstić information content (AvgIpc) is 4.16. The number of aliphatic carboxylic acids is 1. The Kier molecular flexibility index (Phi) is 18.6. The van der Waals surface area contributed by atoms with E-state index in [-0.39, 0.29) is 85.2 Å². The second-order valence-corrected chi connectivity index (χ2v) is 19.1.